The number of alkyl halides is 7. The second-order valence-electron chi connectivity index (χ2n) is 6.47. The summed E-state index contributed by atoms with van der Waals surface area (Å²) in [5.41, 5.74) is -6.31. The summed E-state index contributed by atoms with van der Waals surface area (Å²) in [5, 5.41) is -6.17. The number of nitrogens with one attached hydrogen (secondary N) is 1. The van der Waals surface area contributed by atoms with Gasteiger partial charge in [0.1, 0.15) is 6.04 Å². The van der Waals surface area contributed by atoms with E-state index in [0.29, 0.717) is 6.42 Å². The van der Waals surface area contributed by atoms with Gasteiger partial charge >= 0.3 is 32.7 Å². The van der Waals surface area contributed by atoms with E-state index in [4.69, 9.17) is 4.74 Å². The topological polar surface area (TPSA) is 113 Å². The molecule has 2 fully saturated rings. The maximum atomic E-state index is 13.9. The Labute approximate surface area is 176 Å². The molecule has 1 N–H and O–H groups in total. The molecule has 19 heteroatoms. The minimum atomic E-state index is -6.97. The average Bonchev–Trinajstić information content (AvgIpc) is 3.04. The molecule has 0 aromatic rings. The Morgan fingerprint density at radius 3 is 1.97 bits per heavy atom. The van der Waals surface area contributed by atoms with Crippen molar-refractivity contribution in [2.45, 2.75) is 29.1 Å². The van der Waals surface area contributed by atoms with Crippen LogP contribution in [0.15, 0.2) is 0 Å². The van der Waals surface area contributed by atoms with Crippen LogP contribution < -0.4 is 4.13 Å². The third-order valence-electron chi connectivity index (χ3n) is 4.34. The molecular weight excluding hydrogens is 511 g/mol. The average molecular weight is 527 g/mol. The SMILES string of the molecule is O=C1OCCC1N1CCN(SCC(F)(F)C(F)(F)S(=O)(=O)NS(=O)(=O)C(F)(F)F)CC1. The summed E-state index contributed by atoms with van der Waals surface area (Å²) < 4.78 is 142. The number of piperazine rings is 1. The number of carbonyl (C=O) groups excluding carboxylic acids is 1. The van der Waals surface area contributed by atoms with E-state index in [9.17, 15) is 52.4 Å². The van der Waals surface area contributed by atoms with Crippen molar-refractivity contribution in [2.75, 3.05) is 38.5 Å². The molecule has 0 radical (unpaired) electrons. The van der Waals surface area contributed by atoms with Crippen LogP contribution in [0, 0.1) is 0 Å². The molecule has 0 spiro atoms. The fourth-order valence-corrected chi connectivity index (χ4v) is 6.11. The van der Waals surface area contributed by atoms with Crippen LogP contribution in [0.3, 0.4) is 0 Å². The third-order valence-corrected chi connectivity index (χ3v) is 8.90. The normalized spacial score (nSPS) is 23.2. The maximum Gasteiger partial charge on any atom is 0.512 e. The lowest BCUT2D eigenvalue weighted by Crippen LogP contribution is -2.56. The third kappa shape index (κ3) is 5.55. The van der Waals surface area contributed by atoms with Gasteiger partial charge in [-0.25, -0.2) is 21.1 Å². The molecule has 2 aliphatic rings. The molecule has 1 atom stereocenters. The second-order valence-corrected chi connectivity index (χ2v) is 11.2. The molecule has 9 nitrogen and oxygen atoms in total. The summed E-state index contributed by atoms with van der Waals surface area (Å²) in [5.74, 6) is -7.73. The molecule has 0 amide bonds. The number of halogens is 7. The van der Waals surface area contributed by atoms with Crippen molar-refractivity contribution in [3.05, 3.63) is 0 Å². The van der Waals surface area contributed by atoms with Crippen LogP contribution in [-0.4, -0.2) is 93.3 Å². The fraction of sp³-hybridized carbons (Fsp3) is 0.917. The summed E-state index contributed by atoms with van der Waals surface area (Å²) in [6, 6.07) is -0.510. The van der Waals surface area contributed by atoms with Crippen molar-refractivity contribution in [2.24, 2.45) is 0 Å². The molecule has 0 aromatic heterocycles. The van der Waals surface area contributed by atoms with Crippen LogP contribution in [-0.2, 0) is 29.6 Å². The second kappa shape index (κ2) is 8.81. The summed E-state index contributed by atoms with van der Waals surface area (Å²) in [6.07, 6.45) is 0.433. The first-order chi connectivity index (χ1) is 13.9. The predicted molar refractivity (Wildman–Crippen MR) is 91.9 cm³/mol. The lowest BCUT2D eigenvalue weighted by atomic mass is 10.2. The number of esters is 1. The van der Waals surface area contributed by atoms with E-state index in [1.165, 1.54) is 4.31 Å². The van der Waals surface area contributed by atoms with E-state index in [0.717, 1.165) is 0 Å². The van der Waals surface area contributed by atoms with E-state index < -0.39 is 54.5 Å². The summed E-state index contributed by atoms with van der Waals surface area (Å²) in [6.45, 7) is 0.677. The van der Waals surface area contributed by atoms with Crippen LogP contribution in [0.1, 0.15) is 6.42 Å². The molecule has 0 aromatic carbocycles. The van der Waals surface area contributed by atoms with Gasteiger partial charge in [-0.3, -0.25) is 9.69 Å². The zero-order chi connectivity index (χ0) is 23.9. The first-order valence-corrected chi connectivity index (χ1v) is 12.2. The van der Waals surface area contributed by atoms with Crippen molar-refractivity contribution in [1.82, 2.24) is 13.3 Å². The smallest absolute Gasteiger partial charge is 0.464 e. The first-order valence-electron chi connectivity index (χ1n) is 8.30. The van der Waals surface area contributed by atoms with Gasteiger partial charge in [-0.15, -0.1) is 0 Å². The fourth-order valence-electron chi connectivity index (χ4n) is 2.66. The lowest BCUT2D eigenvalue weighted by molar-refractivity contribution is -0.142. The largest absolute Gasteiger partial charge is 0.512 e. The van der Waals surface area contributed by atoms with Crippen molar-refractivity contribution >= 4 is 38.0 Å². The highest BCUT2D eigenvalue weighted by atomic mass is 32.3. The highest BCUT2D eigenvalue weighted by Gasteiger charge is 2.68. The summed E-state index contributed by atoms with van der Waals surface area (Å²) >= 11 is 0.113. The van der Waals surface area contributed by atoms with Crippen LogP contribution in [0.4, 0.5) is 30.7 Å². The van der Waals surface area contributed by atoms with Gasteiger partial charge in [-0.2, -0.15) is 30.7 Å². The van der Waals surface area contributed by atoms with Crippen LogP contribution in [0.2, 0.25) is 0 Å². The van der Waals surface area contributed by atoms with Gasteiger partial charge < -0.3 is 4.74 Å². The molecule has 2 rings (SSSR count). The molecule has 2 saturated heterocycles. The Bertz CT molecular complexity index is 888. The summed E-state index contributed by atoms with van der Waals surface area (Å²) in [4.78, 5) is 13.2. The van der Waals surface area contributed by atoms with E-state index in [1.54, 1.807) is 4.90 Å². The number of rotatable bonds is 8. The number of sulfonamides is 2. The predicted octanol–water partition coefficient (Wildman–Crippen LogP) is 0.565. The van der Waals surface area contributed by atoms with Crippen molar-refractivity contribution in [1.29, 1.82) is 0 Å². The van der Waals surface area contributed by atoms with Gasteiger partial charge in [-0.05, 0) is 0 Å². The van der Waals surface area contributed by atoms with Crippen molar-refractivity contribution in [3.8, 4) is 0 Å². The number of carbonyl (C=O) groups is 1. The highest BCUT2D eigenvalue weighted by molar-refractivity contribution is 8.05. The number of nitrogens with zero attached hydrogens (tertiary/aromatic N) is 2. The highest BCUT2D eigenvalue weighted by Crippen LogP contribution is 2.42. The van der Waals surface area contributed by atoms with Gasteiger partial charge in [0.05, 0.1) is 12.4 Å². The Balaban J connectivity index is 1.99. The number of cyclic esters (lactones) is 1. The van der Waals surface area contributed by atoms with Crippen LogP contribution in [0.25, 0.3) is 0 Å². The van der Waals surface area contributed by atoms with Gasteiger partial charge in [0.15, 0.2) is 0 Å². The van der Waals surface area contributed by atoms with Crippen LogP contribution >= 0.6 is 11.9 Å². The quantitative estimate of drug-likeness (QED) is 0.275. The minimum Gasteiger partial charge on any atom is -0.464 e. The summed E-state index contributed by atoms with van der Waals surface area (Å²) in [7, 11) is -13.8. The van der Waals surface area contributed by atoms with E-state index in [2.05, 4.69) is 0 Å². The van der Waals surface area contributed by atoms with E-state index in [-0.39, 0.29) is 48.9 Å². The zero-order valence-electron chi connectivity index (χ0n) is 15.2. The van der Waals surface area contributed by atoms with Gasteiger partial charge in [0.25, 0.3) is 10.0 Å². The number of hydrogen-bond donors (Lipinski definition) is 1. The molecule has 2 heterocycles. The van der Waals surface area contributed by atoms with E-state index >= 15 is 0 Å². The molecule has 0 saturated carbocycles. The Kier molecular flexibility index (Phi) is 7.49. The van der Waals surface area contributed by atoms with E-state index in [1.807, 2.05) is 0 Å². The molecule has 0 aliphatic carbocycles. The molecule has 31 heavy (non-hydrogen) atoms. The monoisotopic (exact) mass is 527 g/mol. The number of ether oxygens (including phenoxy) is 1. The molecule has 2 aliphatic heterocycles. The molecule has 1 unspecified atom stereocenters. The molecule has 182 valence electrons. The lowest BCUT2D eigenvalue weighted by Gasteiger charge is -2.36. The zero-order valence-corrected chi connectivity index (χ0v) is 17.7. The maximum absolute atomic E-state index is 13.9. The number of hydrogen-bond acceptors (Lipinski definition) is 9. The molecule has 0 bridgehead atoms. The van der Waals surface area contributed by atoms with Gasteiger partial charge in [0.2, 0.25) is 0 Å². The van der Waals surface area contributed by atoms with Gasteiger partial charge in [0, 0.05) is 32.6 Å². The Morgan fingerprint density at radius 2 is 1.52 bits per heavy atom. The first kappa shape index (κ1) is 26.4. The Hall–Kier alpha value is -0.890. The van der Waals surface area contributed by atoms with Crippen molar-refractivity contribution < 1.29 is 57.1 Å². The van der Waals surface area contributed by atoms with Gasteiger partial charge in [-0.1, -0.05) is 16.1 Å². The van der Waals surface area contributed by atoms with Crippen molar-refractivity contribution in [3.63, 3.8) is 0 Å². The molecular formula is C12H16F7N3O6S3. The van der Waals surface area contributed by atoms with Crippen LogP contribution in [0.5, 0.6) is 0 Å². The minimum absolute atomic E-state index is 0.0313. The Morgan fingerprint density at radius 1 is 0.968 bits per heavy atom. The standard InChI is InChI=1S/C12H16F7N3O6S3/c13-10(14,11(15,16)30(24,25)20-31(26,27)12(17,18)19)7-29-22-4-2-21(3-5-22)8-1-6-28-9(8)23/h8,20H,1-7H2.